The van der Waals surface area contributed by atoms with Gasteiger partial charge in [0.25, 0.3) is 0 Å². The zero-order chi connectivity index (χ0) is 23.3. The molecule has 0 bridgehead atoms. The van der Waals surface area contributed by atoms with Crippen LogP contribution in [0.15, 0.2) is 42.6 Å². The van der Waals surface area contributed by atoms with Crippen molar-refractivity contribution in [1.82, 2.24) is 15.2 Å². The molecule has 0 radical (unpaired) electrons. The number of likely N-dealkylation sites (N-methyl/N-ethyl adjacent to an activating group) is 1. The van der Waals surface area contributed by atoms with Crippen LogP contribution in [0.3, 0.4) is 0 Å². The summed E-state index contributed by atoms with van der Waals surface area (Å²) < 4.78 is 41.5. The topological polar surface area (TPSA) is 74.3 Å². The molecule has 3 atom stereocenters. The second kappa shape index (κ2) is 7.79. The van der Waals surface area contributed by atoms with E-state index in [2.05, 4.69) is 41.6 Å². The molecular weight excluding hydrogens is 421 g/mol. The van der Waals surface area contributed by atoms with Crippen LogP contribution in [-0.4, -0.2) is 47.0 Å². The molecular formula is C23H25F3N4O2. The molecule has 170 valence electrons. The lowest BCUT2D eigenvalue weighted by molar-refractivity contribution is -0.191. The van der Waals surface area contributed by atoms with Gasteiger partial charge in [0.2, 0.25) is 11.8 Å². The maximum absolute atomic E-state index is 13.8. The first-order valence-electron chi connectivity index (χ1n) is 10.4. The summed E-state index contributed by atoms with van der Waals surface area (Å²) >= 11 is 0. The highest BCUT2D eigenvalue weighted by Crippen LogP contribution is 2.40. The van der Waals surface area contributed by atoms with E-state index in [4.69, 9.17) is 0 Å². The Morgan fingerprint density at radius 1 is 1.22 bits per heavy atom. The normalized spacial score (nSPS) is 22.4. The number of hydrogen-bond acceptors (Lipinski definition) is 4. The van der Waals surface area contributed by atoms with E-state index in [9.17, 15) is 22.8 Å². The highest BCUT2D eigenvalue weighted by molar-refractivity contribution is 5.97. The van der Waals surface area contributed by atoms with Crippen molar-refractivity contribution in [2.75, 3.05) is 12.4 Å². The Bertz CT molecular complexity index is 1030. The van der Waals surface area contributed by atoms with E-state index in [1.165, 1.54) is 23.4 Å². The van der Waals surface area contributed by atoms with Gasteiger partial charge in [0, 0.05) is 18.5 Å². The highest BCUT2D eigenvalue weighted by Gasteiger charge is 2.48. The third-order valence-corrected chi connectivity index (χ3v) is 6.48. The largest absolute Gasteiger partial charge is 0.414 e. The van der Waals surface area contributed by atoms with Gasteiger partial charge in [0.1, 0.15) is 6.04 Å². The molecule has 9 heteroatoms. The second-order valence-corrected chi connectivity index (χ2v) is 8.97. The van der Waals surface area contributed by atoms with Crippen molar-refractivity contribution in [2.24, 2.45) is 0 Å². The van der Waals surface area contributed by atoms with Gasteiger partial charge in [-0.25, -0.2) is 0 Å². The van der Waals surface area contributed by atoms with Crippen molar-refractivity contribution < 1.29 is 22.8 Å². The summed E-state index contributed by atoms with van der Waals surface area (Å²) in [5.41, 5.74) is 2.69. The molecule has 1 aromatic carbocycles. The minimum Gasteiger partial charge on any atom is -0.380 e. The number of aromatic nitrogens is 1. The van der Waals surface area contributed by atoms with Gasteiger partial charge in [-0.15, -0.1) is 0 Å². The van der Waals surface area contributed by atoms with E-state index < -0.39 is 24.2 Å². The fourth-order valence-electron chi connectivity index (χ4n) is 4.54. The predicted molar refractivity (Wildman–Crippen MR) is 113 cm³/mol. The highest BCUT2D eigenvalue weighted by atomic mass is 19.4. The van der Waals surface area contributed by atoms with Crippen molar-refractivity contribution in [3.05, 3.63) is 59.4 Å². The van der Waals surface area contributed by atoms with Crippen molar-refractivity contribution in [3.8, 4) is 0 Å². The lowest BCUT2D eigenvalue weighted by Gasteiger charge is -2.35. The first-order valence-corrected chi connectivity index (χ1v) is 10.4. The fraction of sp³-hybridized carbons (Fsp3) is 0.435. The Balaban J connectivity index is 1.51. The van der Waals surface area contributed by atoms with Crippen LogP contribution in [0.4, 0.5) is 18.9 Å². The molecule has 2 heterocycles. The fourth-order valence-corrected chi connectivity index (χ4v) is 4.54. The lowest BCUT2D eigenvalue weighted by atomic mass is 9.83. The third-order valence-electron chi connectivity index (χ3n) is 6.48. The first kappa shape index (κ1) is 22.1. The number of fused-ring (bicyclic) bond motifs is 1. The smallest absolute Gasteiger partial charge is 0.380 e. The number of rotatable bonds is 5. The Hall–Kier alpha value is -3.10. The van der Waals surface area contributed by atoms with E-state index in [-0.39, 0.29) is 29.5 Å². The molecule has 2 amide bonds. The Morgan fingerprint density at radius 3 is 2.47 bits per heavy atom. The maximum Gasteiger partial charge on any atom is 0.414 e. The summed E-state index contributed by atoms with van der Waals surface area (Å²) in [6.45, 7) is 4.27. The molecule has 2 N–H and O–H groups in total. The van der Waals surface area contributed by atoms with Crippen LogP contribution in [0.25, 0.3) is 0 Å². The summed E-state index contributed by atoms with van der Waals surface area (Å²) in [5.74, 6) is -1.15. The number of β-lactam (4-membered cyclic amide) rings is 1. The summed E-state index contributed by atoms with van der Waals surface area (Å²) in [5, 5.41) is 5.72. The van der Waals surface area contributed by atoms with Crippen molar-refractivity contribution in [3.63, 3.8) is 0 Å². The Morgan fingerprint density at radius 2 is 1.91 bits per heavy atom. The summed E-state index contributed by atoms with van der Waals surface area (Å²) in [6, 6.07) is 7.98. The molecule has 4 rings (SSSR count). The van der Waals surface area contributed by atoms with Crippen molar-refractivity contribution in [1.29, 1.82) is 0 Å². The number of carbonyl (C=O) groups is 2. The van der Waals surface area contributed by atoms with Crippen LogP contribution in [0.5, 0.6) is 0 Å². The molecule has 32 heavy (non-hydrogen) atoms. The minimum atomic E-state index is -4.71. The number of alkyl halides is 3. The van der Waals surface area contributed by atoms with Crippen molar-refractivity contribution in [2.45, 2.75) is 56.4 Å². The number of carbonyl (C=O) groups excluding carboxylic acids is 2. The molecule has 2 aliphatic rings. The molecule has 1 saturated heterocycles. The number of halogens is 3. The van der Waals surface area contributed by atoms with Crippen LogP contribution < -0.4 is 10.6 Å². The number of pyridine rings is 1. The van der Waals surface area contributed by atoms with Gasteiger partial charge in [-0.1, -0.05) is 38.1 Å². The first-order chi connectivity index (χ1) is 15.0. The summed E-state index contributed by atoms with van der Waals surface area (Å²) in [6.07, 6.45) is -2.64. The molecule has 6 nitrogen and oxygen atoms in total. The van der Waals surface area contributed by atoms with E-state index in [1.54, 1.807) is 6.07 Å². The average molecular weight is 446 g/mol. The zero-order valence-corrected chi connectivity index (χ0v) is 18.0. The van der Waals surface area contributed by atoms with Gasteiger partial charge in [0.15, 0.2) is 6.04 Å². The molecule has 0 spiro atoms. The van der Waals surface area contributed by atoms with Gasteiger partial charge in [0.05, 0.1) is 24.0 Å². The molecule has 1 aliphatic carbocycles. The number of hydrogen-bond donors (Lipinski definition) is 2. The Kier molecular flexibility index (Phi) is 5.38. The average Bonchev–Trinajstić information content (AvgIpc) is 2.95. The van der Waals surface area contributed by atoms with E-state index >= 15 is 0 Å². The number of benzene rings is 1. The zero-order valence-electron chi connectivity index (χ0n) is 18.0. The minimum absolute atomic E-state index is 0.0671. The van der Waals surface area contributed by atoms with E-state index in [0.717, 1.165) is 13.5 Å². The lowest BCUT2D eigenvalue weighted by Crippen LogP contribution is -2.58. The molecule has 1 aliphatic heterocycles. The second-order valence-electron chi connectivity index (χ2n) is 8.97. The van der Waals surface area contributed by atoms with Gasteiger partial charge < -0.3 is 15.5 Å². The molecule has 0 saturated carbocycles. The van der Waals surface area contributed by atoms with Gasteiger partial charge in [-0.2, -0.15) is 13.2 Å². The van der Waals surface area contributed by atoms with Crippen LogP contribution in [0.1, 0.15) is 43.1 Å². The van der Waals surface area contributed by atoms with Gasteiger partial charge >= 0.3 is 6.18 Å². The van der Waals surface area contributed by atoms with Crippen LogP contribution >= 0.6 is 0 Å². The van der Waals surface area contributed by atoms with Gasteiger partial charge in [-0.05, 0) is 29.7 Å². The van der Waals surface area contributed by atoms with Gasteiger partial charge in [-0.3, -0.25) is 14.6 Å². The maximum atomic E-state index is 13.8. The van der Waals surface area contributed by atoms with Crippen LogP contribution in [-0.2, 0) is 21.4 Å². The molecule has 2 aromatic rings. The summed E-state index contributed by atoms with van der Waals surface area (Å²) in [7, 11) is 1.08. The number of nitrogens with zero attached hydrogens (tertiary/aromatic N) is 2. The standard InChI is InChI=1S/C23H25F3N4O2/c1-22(2)15-7-5-4-6-13(15)10-18(22)28-14-8-9-16(27-12-14)20(23(24,25)26)30(3)21(32)17-11-19(31)29-17/h4-9,12,17-18,20,28H,10-11H2,1-3H3,(H,29,31)/t17-,18-,20?/m0/s1. The monoisotopic (exact) mass is 446 g/mol. The van der Waals surface area contributed by atoms with E-state index in [1.807, 2.05) is 12.1 Å². The third kappa shape index (κ3) is 3.91. The van der Waals surface area contributed by atoms with Crippen LogP contribution in [0.2, 0.25) is 0 Å². The SMILES string of the molecule is CN(C(=O)[C@@H]1CC(=O)N1)C(c1ccc(N[C@H]2Cc3ccccc3C2(C)C)cn1)C(F)(F)F. The molecule has 1 aromatic heterocycles. The van der Waals surface area contributed by atoms with Crippen molar-refractivity contribution >= 4 is 17.5 Å². The summed E-state index contributed by atoms with van der Waals surface area (Å²) in [4.78, 5) is 28.1. The van der Waals surface area contributed by atoms with Crippen LogP contribution in [0, 0.1) is 0 Å². The predicted octanol–water partition coefficient (Wildman–Crippen LogP) is 3.35. The quantitative estimate of drug-likeness (QED) is 0.691. The number of amides is 2. The number of nitrogens with one attached hydrogen (secondary N) is 2. The van der Waals surface area contributed by atoms with E-state index in [0.29, 0.717) is 10.6 Å². The number of anilines is 1. The Labute approximate surface area is 184 Å². The molecule has 1 fully saturated rings. The molecule has 1 unspecified atom stereocenters.